The fourth-order valence-electron chi connectivity index (χ4n) is 3.54. The van der Waals surface area contributed by atoms with Crippen molar-refractivity contribution in [2.24, 2.45) is 5.92 Å². The first kappa shape index (κ1) is 18.6. The maximum atomic E-state index is 12.5. The average Bonchev–Trinajstić information content (AvgIpc) is 2.77. The molecule has 0 spiro atoms. The summed E-state index contributed by atoms with van der Waals surface area (Å²) in [7, 11) is 0. The van der Waals surface area contributed by atoms with Gasteiger partial charge in [-0.15, -0.1) is 0 Å². The van der Waals surface area contributed by atoms with E-state index in [4.69, 9.17) is 4.42 Å². The van der Waals surface area contributed by atoms with E-state index in [0.717, 1.165) is 25.9 Å². The number of para-hydroxylation sites is 1. The molecule has 8 heteroatoms. The molecule has 0 unspecified atom stereocenters. The molecule has 3 heterocycles. The lowest BCUT2D eigenvalue weighted by atomic mass is 9.96. The van der Waals surface area contributed by atoms with Crippen molar-refractivity contribution in [3.8, 4) is 6.07 Å². The third-order valence-corrected chi connectivity index (χ3v) is 5.14. The lowest BCUT2D eigenvalue weighted by Crippen LogP contribution is -2.40. The molecule has 146 valence electrons. The van der Waals surface area contributed by atoms with E-state index in [-0.39, 0.29) is 11.5 Å². The number of fused-ring (bicyclic) bond motifs is 1. The summed E-state index contributed by atoms with van der Waals surface area (Å²) in [4.78, 5) is 35.0. The predicted octanol–water partition coefficient (Wildman–Crippen LogP) is 2.10. The molecule has 1 N–H and O–H groups in total. The zero-order chi connectivity index (χ0) is 20.2. The van der Waals surface area contributed by atoms with E-state index in [9.17, 15) is 14.9 Å². The molecule has 8 nitrogen and oxygen atoms in total. The molecule has 1 fully saturated rings. The van der Waals surface area contributed by atoms with Crippen molar-refractivity contribution in [1.82, 2.24) is 15.3 Å². The van der Waals surface area contributed by atoms with Crippen LogP contribution in [-0.4, -0.2) is 35.5 Å². The van der Waals surface area contributed by atoms with Crippen LogP contribution < -0.4 is 15.8 Å². The van der Waals surface area contributed by atoms with E-state index in [1.165, 1.54) is 6.20 Å². The van der Waals surface area contributed by atoms with Gasteiger partial charge in [0.15, 0.2) is 11.5 Å². The molecule has 3 aromatic rings. The molecular weight excluding hydrogens is 370 g/mol. The van der Waals surface area contributed by atoms with Gasteiger partial charge in [0, 0.05) is 37.4 Å². The van der Waals surface area contributed by atoms with E-state index >= 15 is 0 Å². The first-order chi connectivity index (χ1) is 14.2. The standard InChI is InChI=1S/C21H19N5O3/c22-12-17-19(24-8-7-23-17)26-9-5-14(6-10-26)13-25-20(27)16-11-15-3-1-2-4-18(15)29-21(16)28/h1-4,7-8,11,14H,5-6,9-10,13H2,(H,25,27). The van der Waals surface area contributed by atoms with Crippen molar-refractivity contribution in [1.29, 1.82) is 5.26 Å². The summed E-state index contributed by atoms with van der Waals surface area (Å²) < 4.78 is 5.23. The molecule has 1 aliphatic heterocycles. The Balaban J connectivity index is 1.36. The highest BCUT2D eigenvalue weighted by Crippen LogP contribution is 2.23. The minimum absolute atomic E-state index is 0.0133. The van der Waals surface area contributed by atoms with Gasteiger partial charge in [0.25, 0.3) is 5.91 Å². The van der Waals surface area contributed by atoms with E-state index in [2.05, 4.69) is 21.4 Å². The van der Waals surface area contributed by atoms with Crippen molar-refractivity contribution in [3.05, 3.63) is 64.4 Å². The van der Waals surface area contributed by atoms with Gasteiger partial charge < -0.3 is 14.6 Å². The number of nitrogens with zero attached hydrogens (tertiary/aromatic N) is 4. The van der Waals surface area contributed by atoms with E-state index in [1.54, 1.807) is 30.5 Å². The number of carbonyl (C=O) groups is 1. The fourth-order valence-corrected chi connectivity index (χ4v) is 3.54. The Morgan fingerprint density at radius 3 is 2.79 bits per heavy atom. The molecule has 1 aromatic carbocycles. The van der Waals surface area contributed by atoms with Gasteiger partial charge in [-0.05, 0) is 30.9 Å². The predicted molar refractivity (Wildman–Crippen MR) is 107 cm³/mol. The van der Waals surface area contributed by atoms with Gasteiger partial charge in [-0.25, -0.2) is 14.8 Å². The molecule has 0 saturated carbocycles. The zero-order valence-corrected chi connectivity index (χ0v) is 15.7. The second-order valence-electron chi connectivity index (χ2n) is 6.97. The topological polar surface area (TPSA) is 112 Å². The highest BCUT2D eigenvalue weighted by atomic mass is 16.4. The number of nitriles is 1. The molecule has 1 aliphatic rings. The van der Waals surface area contributed by atoms with Crippen molar-refractivity contribution in [3.63, 3.8) is 0 Å². The van der Waals surface area contributed by atoms with Crippen LogP contribution in [0.15, 0.2) is 51.9 Å². The molecule has 0 atom stereocenters. The summed E-state index contributed by atoms with van der Waals surface area (Å²) in [6.45, 7) is 1.93. The van der Waals surface area contributed by atoms with Gasteiger partial charge in [0.2, 0.25) is 0 Å². The molecular formula is C21H19N5O3. The molecule has 1 saturated heterocycles. The third kappa shape index (κ3) is 3.94. The SMILES string of the molecule is N#Cc1nccnc1N1CCC(CNC(=O)c2cc3ccccc3oc2=O)CC1. The molecule has 4 rings (SSSR count). The van der Waals surface area contributed by atoms with Gasteiger partial charge in [-0.3, -0.25) is 4.79 Å². The van der Waals surface area contributed by atoms with Crippen LogP contribution in [-0.2, 0) is 0 Å². The van der Waals surface area contributed by atoms with Crippen LogP contribution in [0.3, 0.4) is 0 Å². The number of anilines is 1. The van der Waals surface area contributed by atoms with Gasteiger partial charge in [-0.1, -0.05) is 18.2 Å². The van der Waals surface area contributed by atoms with Crippen LogP contribution in [0, 0.1) is 17.2 Å². The van der Waals surface area contributed by atoms with Crippen molar-refractivity contribution >= 4 is 22.7 Å². The second kappa shape index (κ2) is 8.10. The number of benzene rings is 1. The van der Waals surface area contributed by atoms with Gasteiger partial charge in [0.1, 0.15) is 17.2 Å². The van der Waals surface area contributed by atoms with Crippen LogP contribution in [0.2, 0.25) is 0 Å². The first-order valence-corrected chi connectivity index (χ1v) is 9.43. The van der Waals surface area contributed by atoms with Crippen LogP contribution in [0.25, 0.3) is 11.0 Å². The third-order valence-electron chi connectivity index (χ3n) is 5.14. The van der Waals surface area contributed by atoms with Crippen molar-refractivity contribution in [2.75, 3.05) is 24.5 Å². The number of aromatic nitrogens is 2. The van der Waals surface area contributed by atoms with Crippen LogP contribution in [0.4, 0.5) is 5.82 Å². The Kier molecular flexibility index (Phi) is 5.20. The van der Waals surface area contributed by atoms with E-state index in [0.29, 0.717) is 29.0 Å². The summed E-state index contributed by atoms with van der Waals surface area (Å²) >= 11 is 0. The normalized spacial score (nSPS) is 14.5. The smallest absolute Gasteiger partial charge is 0.349 e. The first-order valence-electron chi connectivity index (χ1n) is 9.43. The second-order valence-corrected chi connectivity index (χ2v) is 6.97. The average molecular weight is 389 g/mol. The van der Waals surface area contributed by atoms with Crippen molar-refractivity contribution < 1.29 is 9.21 Å². The minimum Gasteiger partial charge on any atom is -0.422 e. The van der Waals surface area contributed by atoms with Crippen LogP contribution in [0.1, 0.15) is 28.9 Å². The summed E-state index contributed by atoms with van der Waals surface area (Å²) in [5.41, 5.74) is 0.159. The number of nitrogens with one attached hydrogen (secondary N) is 1. The van der Waals surface area contributed by atoms with E-state index in [1.807, 2.05) is 11.0 Å². The Labute approximate surface area is 166 Å². The fraction of sp³-hybridized carbons (Fsp3) is 0.286. The Hall–Kier alpha value is -3.73. The number of amides is 1. The summed E-state index contributed by atoms with van der Waals surface area (Å²) in [6.07, 6.45) is 4.77. The maximum absolute atomic E-state index is 12.5. The Bertz CT molecular complexity index is 1140. The number of piperidine rings is 1. The number of carbonyl (C=O) groups excluding carboxylic acids is 1. The Morgan fingerprint density at radius 1 is 1.24 bits per heavy atom. The highest BCUT2D eigenvalue weighted by Gasteiger charge is 2.23. The van der Waals surface area contributed by atoms with Gasteiger partial charge in [-0.2, -0.15) is 5.26 Å². The van der Waals surface area contributed by atoms with Gasteiger partial charge in [0.05, 0.1) is 0 Å². The van der Waals surface area contributed by atoms with E-state index < -0.39 is 11.5 Å². The quantitative estimate of drug-likeness (QED) is 0.680. The van der Waals surface area contributed by atoms with Crippen LogP contribution in [0.5, 0.6) is 0 Å². The summed E-state index contributed by atoms with van der Waals surface area (Å²) in [5.74, 6) is 0.462. The molecule has 0 bridgehead atoms. The van der Waals surface area contributed by atoms with Gasteiger partial charge >= 0.3 is 5.63 Å². The number of hydrogen-bond donors (Lipinski definition) is 1. The number of rotatable bonds is 4. The molecule has 0 radical (unpaired) electrons. The molecule has 1 amide bonds. The lowest BCUT2D eigenvalue weighted by Gasteiger charge is -2.32. The van der Waals surface area contributed by atoms with Crippen LogP contribution >= 0.6 is 0 Å². The number of hydrogen-bond acceptors (Lipinski definition) is 7. The molecule has 0 aliphatic carbocycles. The summed E-state index contributed by atoms with van der Waals surface area (Å²) in [5, 5.41) is 12.7. The maximum Gasteiger partial charge on any atom is 0.349 e. The highest BCUT2D eigenvalue weighted by molar-refractivity contribution is 5.96. The zero-order valence-electron chi connectivity index (χ0n) is 15.7. The molecule has 29 heavy (non-hydrogen) atoms. The largest absolute Gasteiger partial charge is 0.422 e. The minimum atomic E-state index is -0.636. The summed E-state index contributed by atoms with van der Waals surface area (Å²) in [6, 6.07) is 10.7. The lowest BCUT2D eigenvalue weighted by molar-refractivity contribution is 0.0941. The Morgan fingerprint density at radius 2 is 2.00 bits per heavy atom. The molecule has 2 aromatic heterocycles. The van der Waals surface area contributed by atoms with Crippen molar-refractivity contribution in [2.45, 2.75) is 12.8 Å². The monoisotopic (exact) mass is 389 g/mol.